The zero-order chi connectivity index (χ0) is 17.2. The quantitative estimate of drug-likeness (QED) is 0.663. The first-order chi connectivity index (χ1) is 10.7. The number of ether oxygens (including phenoxy) is 1. The zero-order valence-corrected chi connectivity index (χ0v) is 16.3. The molecule has 0 radical (unpaired) electrons. The molecular weight excluding hydrogens is 410 g/mol. The topological polar surface area (TPSA) is 32.8 Å². The summed E-state index contributed by atoms with van der Waals surface area (Å²) in [6.45, 7) is 10.2. The highest BCUT2D eigenvalue weighted by Gasteiger charge is 2.30. The highest BCUT2D eigenvalue weighted by Crippen LogP contribution is 2.19. The molecule has 1 heterocycles. The van der Waals surface area contributed by atoms with Crippen LogP contribution in [0, 0.1) is 9.39 Å². The third kappa shape index (κ3) is 5.31. The van der Waals surface area contributed by atoms with E-state index in [1.54, 1.807) is 11.0 Å². The highest BCUT2D eigenvalue weighted by molar-refractivity contribution is 14.1. The average Bonchev–Trinajstić information content (AvgIpc) is 2.41. The molecule has 23 heavy (non-hydrogen) atoms. The number of nitrogens with zero attached hydrogens (tertiary/aromatic N) is 2. The second-order valence-electron chi connectivity index (χ2n) is 6.99. The lowest BCUT2D eigenvalue weighted by molar-refractivity contribution is 0.000439. The normalized spacial score (nSPS) is 19.7. The summed E-state index contributed by atoms with van der Waals surface area (Å²) in [6.07, 6.45) is -0.273. The van der Waals surface area contributed by atoms with Gasteiger partial charge >= 0.3 is 6.09 Å². The molecule has 0 N–H and O–H groups in total. The number of benzene rings is 1. The van der Waals surface area contributed by atoms with Crippen molar-refractivity contribution in [3.05, 3.63) is 33.1 Å². The van der Waals surface area contributed by atoms with Crippen LogP contribution in [0.2, 0.25) is 0 Å². The summed E-state index contributed by atoms with van der Waals surface area (Å²) in [4.78, 5) is 16.1. The van der Waals surface area contributed by atoms with Crippen molar-refractivity contribution in [3.8, 4) is 0 Å². The van der Waals surface area contributed by atoms with Crippen LogP contribution < -0.4 is 0 Å². The fourth-order valence-electron chi connectivity index (χ4n) is 2.67. The minimum Gasteiger partial charge on any atom is -0.444 e. The van der Waals surface area contributed by atoms with Crippen LogP contribution >= 0.6 is 22.6 Å². The molecule has 0 aliphatic carbocycles. The summed E-state index contributed by atoms with van der Waals surface area (Å²) in [5.41, 5.74) is 0.215. The van der Waals surface area contributed by atoms with Crippen molar-refractivity contribution in [2.24, 2.45) is 0 Å². The molecule has 128 valence electrons. The van der Waals surface area contributed by atoms with E-state index in [-0.39, 0.29) is 18.0 Å². The number of hydrogen-bond acceptors (Lipinski definition) is 3. The van der Waals surface area contributed by atoms with Crippen molar-refractivity contribution in [2.75, 3.05) is 19.6 Å². The minimum absolute atomic E-state index is 0.0458. The van der Waals surface area contributed by atoms with E-state index in [4.69, 9.17) is 4.74 Å². The van der Waals surface area contributed by atoms with Gasteiger partial charge < -0.3 is 9.64 Å². The van der Waals surface area contributed by atoms with Crippen LogP contribution in [0.5, 0.6) is 0 Å². The Morgan fingerprint density at radius 3 is 2.70 bits per heavy atom. The maximum atomic E-state index is 13.9. The number of halogens is 2. The van der Waals surface area contributed by atoms with Crippen molar-refractivity contribution in [3.63, 3.8) is 0 Å². The van der Waals surface area contributed by atoms with E-state index >= 15 is 0 Å². The second-order valence-corrected chi connectivity index (χ2v) is 8.24. The van der Waals surface area contributed by atoms with Gasteiger partial charge in [0.15, 0.2) is 0 Å². The fraction of sp³-hybridized carbons (Fsp3) is 0.588. The summed E-state index contributed by atoms with van der Waals surface area (Å²) < 4.78 is 20.4. The lowest BCUT2D eigenvalue weighted by Gasteiger charge is -2.40. The molecule has 0 bridgehead atoms. The summed E-state index contributed by atoms with van der Waals surface area (Å²) in [6, 6.07) is 5.20. The SMILES string of the molecule is C[C@@H]1CN(Cc2cc(I)ccc2F)CCN1C(=O)OC(C)(C)C. The number of hydrogen-bond donors (Lipinski definition) is 0. The van der Waals surface area contributed by atoms with Crippen molar-refractivity contribution in [1.82, 2.24) is 9.80 Å². The molecule has 4 nitrogen and oxygen atoms in total. The lowest BCUT2D eigenvalue weighted by atomic mass is 10.1. The Morgan fingerprint density at radius 1 is 1.39 bits per heavy atom. The van der Waals surface area contributed by atoms with Gasteiger partial charge in [0, 0.05) is 41.4 Å². The number of carbonyl (C=O) groups excluding carboxylic acids is 1. The summed E-state index contributed by atoms with van der Waals surface area (Å²) in [7, 11) is 0. The van der Waals surface area contributed by atoms with E-state index in [0.717, 1.165) is 3.57 Å². The standard InChI is InChI=1S/C17H24FIN2O2/c1-12-10-20(11-13-9-14(19)5-6-15(13)18)7-8-21(12)16(22)23-17(2,3)4/h5-6,9,12H,7-8,10-11H2,1-4H3/t12-/m1/s1. The van der Waals surface area contributed by atoms with Gasteiger partial charge in [-0.15, -0.1) is 0 Å². The summed E-state index contributed by atoms with van der Waals surface area (Å²) in [5, 5.41) is 0. The number of piperazine rings is 1. The molecular formula is C17H24FIN2O2. The molecule has 0 spiro atoms. The Bertz CT molecular complexity index is 574. The Labute approximate surface area is 151 Å². The predicted molar refractivity (Wildman–Crippen MR) is 96.8 cm³/mol. The number of amides is 1. The summed E-state index contributed by atoms with van der Waals surface area (Å²) >= 11 is 2.19. The van der Waals surface area contributed by atoms with Gasteiger partial charge in [0.25, 0.3) is 0 Å². The first kappa shape index (κ1) is 18.4. The first-order valence-corrected chi connectivity index (χ1v) is 8.89. The molecule has 1 amide bonds. The van der Waals surface area contributed by atoms with Crippen molar-refractivity contribution >= 4 is 28.7 Å². The maximum absolute atomic E-state index is 13.9. The van der Waals surface area contributed by atoms with Crippen molar-refractivity contribution in [2.45, 2.75) is 45.9 Å². The highest BCUT2D eigenvalue weighted by atomic mass is 127. The third-order valence-corrected chi connectivity index (χ3v) is 4.41. The predicted octanol–water partition coefficient (Wildman–Crippen LogP) is 3.87. The Kier molecular flexibility index (Phi) is 5.89. The molecule has 0 aromatic heterocycles. The fourth-order valence-corrected chi connectivity index (χ4v) is 3.23. The van der Waals surface area contributed by atoms with Crippen LogP contribution in [-0.4, -0.2) is 47.2 Å². The molecule has 1 atom stereocenters. The van der Waals surface area contributed by atoms with Crippen LogP contribution in [-0.2, 0) is 11.3 Å². The number of carbonyl (C=O) groups is 1. The molecule has 1 aliphatic rings. The molecule has 1 aromatic rings. The summed E-state index contributed by atoms with van der Waals surface area (Å²) in [5.74, 6) is -0.173. The molecule has 1 saturated heterocycles. The van der Waals surface area contributed by atoms with E-state index in [2.05, 4.69) is 27.5 Å². The van der Waals surface area contributed by atoms with E-state index in [0.29, 0.717) is 31.7 Å². The van der Waals surface area contributed by atoms with E-state index in [1.807, 2.05) is 33.8 Å². The van der Waals surface area contributed by atoms with Crippen LogP contribution in [0.3, 0.4) is 0 Å². The van der Waals surface area contributed by atoms with Crippen molar-refractivity contribution < 1.29 is 13.9 Å². The first-order valence-electron chi connectivity index (χ1n) is 7.81. The maximum Gasteiger partial charge on any atom is 0.410 e. The van der Waals surface area contributed by atoms with Gasteiger partial charge in [-0.3, -0.25) is 4.90 Å². The molecule has 2 rings (SSSR count). The Hall–Kier alpha value is -0.890. The minimum atomic E-state index is -0.488. The lowest BCUT2D eigenvalue weighted by Crippen LogP contribution is -2.54. The van der Waals surface area contributed by atoms with Crippen molar-refractivity contribution in [1.29, 1.82) is 0 Å². The monoisotopic (exact) mass is 434 g/mol. The molecule has 0 saturated carbocycles. The van der Waals surface area contributed by atoms with Gasteiger partial charge in [0.2, 0.25) is 0 Å². The Balaban J connectivity index is 1.96. The smallest absolute Gasteiger partial charge is 0.410 e. The van der Waals surface area contributed by atoms with Gasteiger partial charge in [-0.2, -0.15) is 0 Å². The second kappa shape index (κ2) is 7.34. The molecule has 0 unspecified atom stereocenters. The van der Waals surface area contributed by atoms with Gasteiger partial charge in [0.1, 0.15) is 11.4 Å². The molecule has 6 heteroatoms. The van der Waals surface area contributed by atoms with Gasteiger partial charge in [0.05, 0.1) is 0 Å². The molecule has 1 fully saturated rings. The van der Waals surface area contributed by atoms with Crippen LogP contribution in [0.4, 0.5) is 9.18 Å². The Morgan fingerprint density at radius 2 is 2.09 bits per heavy atom. The zero-order valence-electron chi connectivity index (χ0n) is 14.1. The van der Waals surface area contributed by atoms with Crippen LogP contribution in [0.1, 0.15) is 33.3 Å². The third-order valence-electron chi connectivity index (χ3n) is 3.74. The van der Waals surface area contributed by atoms with Gasteiger partial charge in [-0.05, 0) is 68.5 Å². The average molecular weight is 434 g/mol. The molecule has 1 aromatic carbocycles. The molecule has 1 aliphatic heterocycles. The van der Waals surface area contributed by atoms with E-state index in [1.165, 1.54) is 6.07 Å². The van der Waals surface area contributed by atoms with Crippen LogP contribution in [0.15, 0.2) is 18.2 Å². The van der Waals surface area contributed by atoms with Gasteiger partial charge in [-0.25, -0.2) is 9.18 Å². The van der Waals surface area contributed by atoms with Gasteiger partial charge in [-0.1, -0.05) is 0 Å². The number of rotatable bonds is 2. The largest absolute Gasteiger partial charge is 0.444 e. The van der Waals surface area contributed by atoms with E-state index < -0.39 is 5.60 Å². The van der Waals surface area contributed by atoms with E-state index in [9.17, 15) is 9.18 Å². The van der Waals surface area contributed by atoms with Crippen LogP contribution in [0.25, 0.3) is 0 Å².